The Kier molecular flexibility index (Phi) is 3.92. The monoisotopic (exact) mass is 220 g/mol. The van der Waals surface area contributed by atoms with Gasteiger partial charge in [-0.15, -0.1) is 0 Å². The molecule has 0 heterocycles. The Bertz CT molecular complexity index is 271. The maximum absolute atomic E-state index is 11.9. The standard InChI is InChI=1S/C9H20N2O2S/c1-8(2)14(12,13)11(7-6-10)9-4-3-5-9/h8-9H,3-7,10H2,1-2H3. The van der Waals surface area contributed by atoms with Gasteiger partial charge in [-0.3, -0.25) is 0 Å². The van der Waals surface area contributed by atoms with Crippen LogP contribution in [-0.4, -0.2) is 37.1 Å². The molecule has 1 saturated carbocycles. The third-order valence-electron chi connectivity index (χ3n) is 2.75. The summed E-state index contributed by atoms with van der Waals surface area (Å²) in [7, 11) is -3.11. The van der Waals surface area contributed by atoms with Crippen LogP contribution < -0.4 is 5.73 Å². The minimum atomic E-state index is -3.11. The van der Waals surface area contributed by atoms with Crippen LogP contribution in [0.25, 0.3) is 0 Å². The molecule has 0 aromatic heterocycles. The first-order valence-electron chi connectivity index (χ1n) is 5.21. The Morgan fingerprint density at radius 2 is 2.00 bits per heavy atom. The Morgan fingerprint density at radius 3 is 2.29 bits per heavy atom. The quantitative estimate of drug-likeness (QED) is 0.735. The van der Waals surface area contributed by atoms with Gasteiger partial charge < -0.3 is 5.73 Å². The average molecular weight is 220 g/mol. The van der Waals surface area contributed by atoms with Crippen molar-refractivity contribution < 1.29 is 8.42 Å². The van der Waals surface area contributed by atoms with Crippen molar-refractivity contribution in [1.29, 1.82) is 0 Å². The van der Waals surface area contributed by atoms with E-state index in [0.717, 1.165) is 19.3 Å². The van der Waals surface area contributed by atoms with Gasteiger partial charge in [0.2, 0.25) is 10.0 Å². The summed E-state index contributed by atoms with van der Waals surface area (Å²) < 4.78 is 25.4. The highest BCUT2D eigenvalue weighted by molar-refractivity contribution is 7.89. The highest BCUT2D eigenvalue weighted by atomic mass is 32.2. The molecule has 4 nitrogen and oxygen atoms in total. The van der Waals surface area contributed by atoms with Crippen molar-refractivity contribution in [1.82, 2.24) is 4.31 Å². The molecule has 84 valence electrons. The summed E-state index contributed by atoms with van der Waals surface area (Å²) in [6.07, 6.45) is 3.12. The van der Waals surface area contributed by atoms with Gasteiger partial charge >= 0.3 is 0 Å². The highest BCUT2D eigenvalue weighted by Crippen LogP contribution is 2.27. The molecule has 0 aromatic rings. The molecule has 0 unspecified atom stereocenters. The van der Waals surface area contributed by atoms with Crippen LogP contribution in [-0.2, 0) is 10.0 Å². The van der Waals surface area contributed by atoms with Crippen molar-refractivity contribution in [3.8, 4) is 0 Å². The van der Waals surface area contributed by atoms with E-state index in [9.17, 15) is 8.42 Å². The molecule has 0 spiro atoms. The first-order chi connectivity index (χ1) is 6.50. The van der Waals surface area contributed by atoms with E-state index < -0.39 is 10.0 Å². The third kappa shape index (κ3) is 2.27. The summed E-state index contributed by atoms with van der Waals surface area (Å²) in [5.41, 5.74) is 5.44. The van der Waals surface area contributed by atoms with Gasteiger partial charge in [0.15, 0.2) is 0 Å². The number of sulfonamides is 1. The maximum atomic E-state index is 11.9. The van der Waals surface area contributed by atoms with Gasteiger partial charge in [-0.2, -0.15) is 4.31 Å². The van der Waals surface area contributed by atoms with Gasteiger partial charge in [0.05, 0.1) is 5.25 Å². The largest absolute Gasteiger partial charge is 0.329 e. The predicted molar refractivity (Wildman–Crippen MR) is 57.5 cm³/mol. The van der Waals surface area contributed by atoms with Crippen molar-refractivity contribution in [2.45, 2.75) is 44.4 Å². The van der Waals surface area contributed by atoms with Crippen molar-refractivity contribution in [3.63, 3.8) is 0 Å². The van der Waals surface area contributed by atoms with E-state index in [0.29, 0.717) is 13.1 Å². The lowest BCUT2D eigenvalue weighted by Gasteiger charge is -2.37. The minimum Gasteiger partial charge on any atom is -0.329 e. The lowest BCUT2D eigenvalue weighted by atomic mass is 9.93. The molecule has 0 aromatic carbocycles. The van der Waals surface area contributed by atoms with Gasteiger partial charge in [-0.1, -0.05) is 6.42 Å². The Morgan fingerprint density at radius 1 is 1.43 bits per heavy atom. The number of rotatable bonds is 5. The lowest BCUT2D eigenvalue weighted by molar-refractivity contribution is 0.222. The normalized spacial score (nSPS) is 18.9. The molecule has 0 saturated heterocycles. The predicted octanol–water partition coefficient (Wildman–Crippen LogP) is 0.538. The zero-order valence-corrected chi connectivity index (χ0v) is 9.76. The molecule has 14 heavy (non-hydrogen) atoms. The molecule has 2 N–H and O–H groups in total. The molecule has 0 radical (unpaired) electrons. The summed E-state index contributed by atoms with van der Waals surface area (Å²) in [6, 6.07) is 0.214. The minimum absolute atomic E-state index is 0.214. The SMILES string of the molecule is CC(C)S(=O)(=O)N(CCN)C1CCC1. The highest BCUT2D eigenvalue weighted by Gasteiger charge is 2.34. The van der Waals surface area contributed by atoms with Crippen molar-refractivity contribution >= 4 is 10.0 Å². The summed E-state index contributed by atoms with van der Waals surface area (Å²) in [6.45, 7) is 4.31. The number of hydrogen-bond acceptors (Lipinski definition) is 3. The zero-order valence-electron chi connectivity index (χ0n) is 8.94. The first kappa shape index (κ1) is 11.9. The van der Waals surface area contributed by atoms with Gasteiger partial charge in [0.25, 0.3) is 0 Å². The topological polar surface area (TPSA) is 63.4 Å². The van der Waals surface area contributed by atoms with Crippen LogP contribution >= 0.6 is 0 Å². The third-order valence-corrected chi connectivity index (χ3v) is 5.08. The molecule has 1 aliphatic rings. The van der Waals surface area contributed by atoms with E-state index in [-0.39, 0.29) is 11.3 Å². The maximum Gasteiger partial charge on any atom is 0.216 e. The molecule has 0 amide bonds. The molecule has 0 aliphatic heterocycles. The first-order valence-corrected chi connectivity index (χ1v) is 6.71. The van der Waals surface area contributed by atoms with E-state index >= 15 is 0 Å². The van der Waals surface area contributed by atoms with Crippen molar-refractivity contribution in [2.75, 3.05) is 13.1 Å². The van der Waals surface area contributed by atoms with Crippen LogP contribution in [0.5, 0.6) is 0 Å². The molecular weight excluding hydrogens is 200 g/mol. The van der Waals surface area contributed by atoms with E-state index in [1.165, 1.54) is 0 Å². The lowest BCUT2D eigenvalue weighted by Crippen LogP contribution is -2.48. The fourth-order valence-corrected chi connectivity index (χ4v) is 3.12. The molecule has 0 bridgehead atoms. The van der Waals surface area contributed by atoms with Gasteiger partial charge in [-0.05, 0) is 26.7 Å². The van der Waals surface area contributed by atoms with Crippen LogP contribution in [0.3, 0.4) is 0 Å². The van der Waals surface area contributed by atoms with Crippen molar-refractivity contribution in [3.05, 3.63) is 0 Å². The summed E-state index contributed by atoms with van der Waals surface area (Å²) in [5, 5.41) is -0.338. The van der Waals surface area contributed by atoms with Gasteiger partial charge in [0, 0.05) is 19.1 Å². The van der Waals surface area contributed by atoms with Gasteiger partial charge in [-0.25, -0.2) is 8.42 Å². The zero-order chi connectivity index (χ0) is 10.8. The van der Waals surface area contributed by atoms with Crippen LogP contribution in [0.15, 0.2) is 0 Å². The molecular formula is C9H20N2O2S. The number of hydrogen-bond donors (Lipinski definition) is 1. The fourth-order valence-electron chi connectivity index (χ4n) is 1.59. The van der Waals surface area contributed by atoms with Crippen LogP contribution in [0.4, 0.5) is 0 Å². The molecule has 5 heteroatoms. The Balaban J connectivity index is 2.75. The van der Waals surface area contributed by atoms with E-state index in [4.69, 9.17) is 5.73 Å². The van der Waals surface area contributed by atoms with Crippen LogP contribution in [0.1, 0.15) is 33.1 Å². The fraction of sp³-hybridized carbons (Fsp3) is 1.00. The Labute approximate surface area is 86.5 Å². The van der Waals surface area contributed by atoms with E-state index in [1.807, 2.05) is 0 Å². The summed E-state index contributed by atoms with van der Waals surface area (Å²) in [4.78, 5) is 0. The molecule has 1 aliphatic carbocycles. The molecule has 0 atom stereocenters. The second-order valence-corrected chi connectivity index (χ2v) is 6.52. The second-order valence-electron chi connectivity index (χ2n) is 4.08. The van der Waals surface area contributed by atoms with E-state index in [2.05, 4.69) is 0 Å². The average Bonchev–Trinajstić information content (AvgIpc) is 2.00. The number of nitrogens with two attached hydrogens (primary N) is 1. The number of nitrogens with zero attached hydrogens (tertiary/aromatic N) is 1. The van der Waals surface area contributed by atoms with Crippen LogP contribution in [0.2, 0.25) is 0 Å². The van der Waals surface area contributed by atoms with Crippen LogP contribution in [0, 0.1) is 0 Å². The van der Waals surface area contributed by atoms with E-state index in [1.54, 1.807) is 18.2 Å². The molecule has 1 rings (SSSR count). The summed E-state index contributed by atoms with van der Waals surface area (Å²) in [5.74, 6) is 0. The second kappa shape index (κ2) is 4.59. The van der Waals surface area contributed by atoms with Crippen molar-refractivity contribution in [2.24, 2.45) is 5.73 Å². The van der Waals surface area contributed by atoms with Gasteiger partial charge in [0.1, 0.15) is 0 Å². The summed E-state index contributed by atoms with van der Waals surface area (Å²) >= 11 is 0. The molecule has 1 fully saturated rings. The Hall–Kier alpha value is -0.130. The smallest absolute Gasteiger partial charge is 0.216 e.